The molecule has 0 bridgehead atoms. The van der Waals surface area contributed by atoms with Crippen molar-refractivity contribution in [3.8, 4) is 0 Å². The lowest BCUT2D eigenvalue weighted by molar-refractivity contribution is -0.142. The second-order valence-corrected chi connectivity index (χ2v) is 2.82. The molecule has 1 aromatic carbocycles. The molecule has 0 heterocycles. The minimum atomic E-state index is -5.49. The van der Waals surface area contributed by atoms with E-state index in [2.05, 4.69) is 0 Å². The van der Waals surface area contributed by atoms with Gasteiger partial charge in [0.2, 0.25) is 0 Å². The minimum absolute atomic E-state index is 1.73. The number of hydrogen-bond donors (Lipinski definition) is 0. The maximum atomic E-state index is 12.7. The zero-order valence-corrected chi connectivity index (χ0v) is 7.28. The Labute approximate surface area is 83.3 Å². The molecule has 0 spiro atoms. The van der Waals surface area contributed by atoms with Crippen LogP contribution >= 0.6 is 11.6 Å². The lowest BCUT2D eigenvalue weighted by Crippen LogP contribution is -2.14. The van der Waals surface area contributed by atoms with E-state index in [1.54, 1.807) is 0 Å². The molecule has 15 heavy (non-hydrogen) atoms. The maximum absolute atomic E-state index is 12.7. The fraction of sp³-hybridized carbons (Fsp3) is 0.143. The van der Waals surface area contributed by atoms with Crippen LogP contribution in [0.15, 0.2) is 0 Å². The summed E-state index contributed by atoms with van der Waals surface area (Å²) in [5.74, 6) is -9.68. The molecule has 0 unspecified atom stereocenters. The molecule has 0 radical (unpaired) electrons. The molecule has 1 rings (SSSR count). The number of rotatable bonds is 0. The van der Waals surface area contributed by atoms with Crippen LogP contribution in [-0.2, 0) is 6.18 Å². The van der Waals surface area contributed by atoms with E-state index in [-0.39, 0.29) is 0 Å². The summed E-state index contributed by atoms with van der Waals surface area (Å²) in [7, 11) is 0. The van der Waals surface area contributed by atoms with E-state index < -0.39 is 40.0 Å². The van der Waals surface area contributed by atoms with Gasteiger partial charge in [-0.2, -0.15) is 13.2 Å². The van der Waals surface area contributed by atoms with Gasteiger partial charge in [-0.3, -0.25) is 0 Å². The van der Waals surface area contributed by atoms with E-state index in [4.69, 9.17) is 11.6 Å². The Hall–Kier alpha value is -0.980. The molecule has 0 aliphatic heterocycles. The van der Waals surface area contributed by atoms with Crippen molar-refractivity contribution in [2.45, 2.75) is 6.18 Å². The maximum Gasteiger partial charge on any atom is 0.422 e. The van der Waals surface area contributed by atoms with E-state index >= 15 is 0 Å². The third-order valence-electron chi connectivity index (χ3n) is 1.49. The first-order valence-electron chi connectivity index (χ1n) is 3.26. The summed E-state index contributed by atoms with van der Waals surface area (Å²) in [6.45, 7) is 0. The molecule has 84 valence electrons. The molecule has 0 saturated heterocycles. The van der Waals surface area contributed by atoms with E-state index in [1.165, 1.54) is 0 Å². The summed E-state index contributed by atoms with van der Waals surface area (Å²) in [5.41, 5.74) is -2.55. The predicted molar refractivity (Wildman–Crippen MR) is 36.3 cm³/mol. The van der Waals surface area contributed by atoms with Gasteiger partial charge in [-0.15, -0.1) is 0 Å². The van der Waals surface area contributed by atoms with Crippen molar-refractivity contribution in [1.29, 1.82) is 0 Å². The van der Waals surface area contributed by atoms with Gasteiger partial charge >= 0.3 is 6.18 Å². The number of halogens is 8. The summed E-state index contributed by atoms with van der Waals surface area (Å²) >= 11 is 4.71. The number of hydrogen-bond acceptors (Lipinski definition) is 0. The summed E-state index contributed by atoms with van der Waals surface area (Å²) in [6.07, 6.45) is -5.49. The van der Waals surface area contributed by atoms with Gasteiger partial charge < -0.3 is 0 Å². The monoisotopic (exact) mass is 252 g/mol. The highest BCUT2D eigenvalue weighted by atomic mass is 35.5. The van der Waals surface area contributed by atoms with Crippen molar-refractivity contribution in [2.24, 2.45) is 0 Å². The van der Waals surface area contributed by atoms with Crippen LogP contribution in [0.5, 0.6) is 0 Å². The van der Waals surface area contributed by atoms with Crippen LogP contribution < -0.4 is 0 Å². The summed E-state index contributed by atoms with van der Waals surface area (Å²) in [4.78, 5) is 0. The van der Waals surface area contributed by atoms with E-state index in [1.807, 2.05) is 0 Å². The molecule has 0 aliphatic carbocycles. The standard InChI is InChI=1S/C7ClF7/c8-2-3(9)1(7(13,14)15)4(10)6(12)5(2)11. The normalized spacial score (nSPS) is 12.0. The Morgan fingerprint density at radius 2 is 1.20 bits per heavy atom. The van der Waals surface area contributed by atoms with Crippen LogP contribution in [0, 0.1) is 23.3 Å². The van der Waals surface area contributed by atoms with Crippen molar-refractivity contribution in [1.82, 2.24) is 0 Å². The van der Waals surface area contributed by atoms with Gasteiger partial charge in [0, 0.05) is 0 Å². The molecular formula is C7ClF7. The van der Waals surface area contributed by atoms with Crippen molar-refractivity contribution >= 4 is 11.6 Å². The van der Waals surface area contributed by atoms with Crippen LogP contribution in [0.4, 0.5) is 30.7 Å². The Balaban J connectivity index is 3.68. The average molecular weight is 253 g/mol. The highest BCUT2D eigenvalue weighted by Gasteiger charge is 2.41. The highest BCUT2D eigenvalue weighted by molar-refractivity contribution is 6.31. The van der Waals surface area contributed by atoms with Crippen molar-refractivity contribution in [2.75, 3.05) is 0 Å². The third-order valence-corrected chi connectivity index (χ3v) is 1.83. The summed E-state index contributed by atoms with van der Waals surface area (Å²) in [5, 5.41) is -1.73. The van der Waals surface area contributed by atoms with Gasteiger partial charge in [0.15, 0.2) is 23.3 Å². The quantitative estimate of drug-likeness (QED) is 0.373. The largest absolute Gasteiger partial charge is 0.422 e. The molecule has 8 heteroatoms. The van der Waals surface area contributed by atoms with Crippen LogP contribution in [0.25, 0.3) is 0 Å². The first-order chi connectivity index (χ1) is 6.68. The Morgan fingerprint density at radius 3 is 1.60 bits per heavy atom. The zero-order chi connectivity index (χ0) is 12.0. The van der Waals surface area contributed by atoms with Crippen LogP contribution in [0.1, 0.15) is 5.56 Å². The molecule has 0 amide bonds. The molecule has 0 fully saturated rings. The molecule has 1 aromatic rings. The van der Waals surface area contributed by atoms with Crippen molar-refractivity contribution in [3.05, 3.63) is 33.9 Å². The third kappa shape index (κ3) is 1.88. The van der Waals surface area contributed by atoms with Gasteiger partial charge in [0.25, 0.3) is 0 Å². The SMILES string of the molecule is Fc1c(F)c(Cl)c(F)c(C(F)(F)F)c1F. The topological polar surface area (TPSA) is 0 Å². The Morgan fingerprint density at radius 1 is 0.733 bits per heavy atom. The molecule has 0 atom stereocenters. The fourth-order valence-corrected chi connectivity index (χ4v) is 1.03. The average Bonchev–Trinajstić information content (AvgIpc) is 2.09. The first kappa shape index (κ1) is 12.1. The van der Waals surface area contributed by atoms with Gasteiger partial charge in [0.1, 0.15) is 10.6 Å². The second-order valence-electron chi connectivity index (χ2n) is 2.44. The Kier molecular flexibility index (Phi) is 2.86. The lowest BCUT2D eigenvalue weighted by atomic mass is 10.1. The van der Waals surface area contributed by atoms with E-state index in [9.17, 15) is 30.7 Å². The first-order valence-corrected chi connectivity index (χ1v) is 3.64. The molecule has 0 N–H and O–H groups in total. The molecule has 0 aromatic heterocycles. The lowest BCUT2D eigenvalue weighted by Gasteiger charge is -2.11. The van der Waals surface area contributed by atoms with Crippen LogP contribution in [-0.4, -0.2) is 0 Å². The van der Waals surface area contributed by atoms with Gasteiger partial charge in [-0.1, -0.05) is 11.6 Å². The summed E-state index contributed by atoms with van der Waals surface area (Å²) < 4.78 is 86.1. The number of benzene rings is 1. The molecule has 0 nitrogen and oxygen atoms in total. The predicted octanol–water partition coefficient (Wildman–Crippen LogP) is 3.92. The van der Waals surface area contributed by atoms with Crippen molar-refractivity contribution < 1.29 is 30.7 Å². The van der Waals surface area contributed by atoms with Crippen LogP contribution in [0.2, 0.25) is 5.02 Å². The van der Waals surface area contributed by atoms with E-state index in [0.717, 1.165) is 0 Å². The highest BCUT2D eigenvalue weighted by Crippen LogP contribution is 2.38. The smallest absolute Gasteiger partial charge is 0.204 e. The van der Waals surface area contributed by atoms with E-state index in [0.29, 0.717) is 0 Å². The van der Waals surface area contributed by atoms with Crippen molar-refractivity contribution in [3.63, 3.8) is 0 Å². The second kappa shape index (κ2) is 3.55. The summed E-state index contributed by atoms with van der Waals surface area (Å²) in [6, 6.07) is 0. The van der Waals surface area contributed by atoms with Crippen LogP contribution in [0.3, 0.4) is 0 Å². The minimum Gasteiger partial charge on any atom is -0.204 e. The molecular weight excluding hydrogens is 253 g/mol. The number of alkyl halides is 3. The molecule has 0 saturated carbocycles. The van der Waals surface area contributed by atoms with Gasteiger partial charge in [0.05, 0.1) is 0 Å². The fourth-order valence-electron chi connectivity index (χ4n) is 0.854. The van der Waals surface area contributed by atoms with Gasteiger partial charge in [-0.25, -0.2) is 17.6 Å². The zero-order valence-electron chi connectivity index (χ0n) is 6.52. The Bertz CT molecular complexity index is 380. The molecule has 0 aliphatic rings. The van der Waals surface area contributed by atoms with Gasteiger partial charge in [-0.05, 0) is 0 Å².